The molecular formula is C11H12BrN3O. The second-order valence-electron chi connectivity index (χ2n) is 3.41. The van der Waals surface area contributed by atoms with E-state index in [0.717, 1.165) is 15.7 Å². The molecule has 84 valence electrons. The summed E-state index contributed by atoms with van der Waals surface area (Å²) in [5.41, 5.74) is 7.60. The first-order valence-electron chi connectivity index (χ1n) is 4.91. The number of hydrogen-bond acceptors (Lipinski definition) is 3. The Labute approximate surface area is 102 Å². The molecule has 0 atom stereocenters. The molecule has 2 rings (SSSR count). The summed E-state index contributed by atoms with van der Waals surface area (Å²) in [7, 11) is 0. The fraction of sp³-hybridized carbons (Fsp3) is 0.182. The fourth-order valence-electron chi connectivity index (χ4n) is 1.47. The van der Waals surface area contributed by atoms with Gasteiger partial charge in [-0.3, -0.25) is 0 Å². The molecule has 0 unspecified atom stereocenters. The molecule has 3 N–H and O–H groups in total. The van der Waals surface area contributed by atoms with Gasteiger partial charge in [0.15, 0.2) is 0 Å². The highest BCUT2D eigenvalue weighted by Gasteiger charge is 2.06. The van der Waals surface area contributed by atoms with E-state index in [1.54, 1.807) is 10.7 Å². The van der Waals surface area contributed by atoms with Gasteiger partial charge in [0.05, 0.1) is 18.8 Å². The number of aliphatic hydroxyl groups excluding tert-OH is 1. The standard InChI is InChI=1S/C11H12BrN3O/c12-9-3-1-8(2-4-9)10-7-11(13)15(14-10)5-6-16/h1-4,7,16H,5-6,13H2. The minimum atomic E-state index is 0.0334. The van der Waals surface area contributed by atoms with Crippen LogP contribution in [0.4, 0.5) is 5.82 Å². The van der Waals surface area contributed by atoms with Crippen molar-refractivity contribution in [1.29, 1.82) is 0 Å². The molecule has 4 nitrogen and oxygen atoms in total. The highest BCUT2D eigenvalue weighted by Crippen LogP contribution is 2.22. The van der Waals surface area contributed by atoms with Crippen LogP contribution >= 0.6 is 15.9 Å². The second-order valence-corrected chi connectivity index (χ2v) is 4.32. The van der Waals surface area contributed by atoms with Gasteiger partial charge >= 0.3 is 0 Å². The normalized spacial score (nSPS) is 10.6. The number of rotatable bonds is 3. The monoisotopic (exact) mass is 281 g/mol. The molecule has 1 aromatic carbocycles. The Hall–Kier alpha value is -1.33. The van der Waals surface area contributed by atoms with Gasteiger partial charge in [-0.2, -0.15) is 5.10 Å². The first-order chi connectivity index (χ1) is 7.70. The highest BCUT2D eigenvalue weighted by atomic mass is 79.9. The number of aliphatic hydroxyl groups is 1. The molecule has 0 saturated heterocycles. The first kappa shape index (κ1) is 11.2. The van der Waals surface area contributed by atoms with E-state index in [9.17, 15) is 0 Å². The summed E-state index contributed by atoms with van der Waals surface area (Å²) in [5.74, 6) is 0.562. The van der Waals surface area contributed by atoms with E-state index in [2.05, 4.69) is 21.0 Å². The molecule has 0 radical (unpaired) electrons. The third-order valence-electron chi connectivity index (χ3n) is 2.26. The molecule has 16 heavy (non-hydrogen) atoms. The van der Waals surface area contributed by atoms with Gasteiger partial charge < -0.3 is 10.8 Å². The summed E-state index contributed by atoms with van der Waals surface area (Å²) in [6.45, 7) is 0.452. The summed E-state index contributed by atoms with van der Waals surface area (Å²) in [6, 6.07) is 9.65. The quantitative estimate of drug-likeness (QED) is 0.903. The zero-order valence-corrected chi connectivity index (χ0v) is 10.2. The summed E-state index contributed by atoms with van der Waals surface area (Å²) in [5, 5.41) is 13.2. The second kappa shape index (κ2) is 4.67. The topological polar surface area (TPSA) is 64.1 Å². The van der Waals surface area contributed by atoms with Crippen molar-refractivity contribution in [3.8, 4) is 11.3 Å². The maximum Gasteiger partial charge on any atom is 0.122 e. The highest BCUT2D eigenvalue weighted by molar-refractivity contribution is 9.10. The largest absolute Gasteiger partial charge is 0.394 e. The molecule has 2 aromatic rings. The molecule has 0 fully saturated rings. The van der Waals surface area contributed by atoms with Crippen molar-refractivity contribution in [3.63, 3.8) is 0 Å². The van der Waals surface area contributed by atoms with Crippen LogP contribution in [0.1, 0.15) is 0 Å². The third kappa shape index (κ3) is 2.25. The van der Waals surface area contributed by atoms with E-state index in [1.807, 2.05) is 24.3 Å². The van der Waals surface area contributed by atoms with Gasteiger partial charge in [0.2, 0.25) is 0 Å². The molecule has 0 aliphatic rings. The van der Waals surface area contributed by atoms with Gasteiger partial charge in [-0.15, -0.1) is 0 Å². The predicted octanol–water partition coefficient (Wildman–Crippen LogP) is 1.89. The summed E-state index contributed by atoms with van der Waals surface area (Å²) < 4.78 is 2.62. The van der Waals surface area contributed by atoms with Gasteiger partial charge in [0.1, 0.15) is 5.82 Å². The molecule has 0 bridgehead atoms. The van der Waals surface area contributed by atoms with Gasteiger partial charge in [0.25, 0.3) is 0 Å². The molecule has 0 aliphatic heterocycles. The minimum Gasteiger partial charge on any atom is -0.394 e. The Bertz CT molecular complexity index is 478. The van der Waals surface area contributed by atoms with Crippen molar-refractivity contribution in [2.45, 2.75) is 6.54 Å². The number of anilines is 1. The van der Waals surface area contributed by atoms with Gasteiger partial charge in [-0.05, 0) is 12.1 Å². The maximum absolute atomic E-state index is 8.84. The van der Waals surface area contributed by atoms with Crippen LogP contribution in [0.5, 0.6) is 0 Å². The lowest BCUT2D eigenvalue weighted by Crippen LogP contribution is -2.07. The molecule has 0 aliphatic carbocycles. The van der Waals surface area contributed by atoms with Crippen LogP contribution in [-0.2, 0) is 6.54 Å². The first-order valence-corrected chi connectivity index (χ1v) is 5.70. The number of halogens is 1. The molecule has 1 aromatic heterocycles. The van der Waals surface area contributed by atoms with Crippen molar-refractivity contribution in [1.82, 2.24) is 9.78 Å². The van der Waals surface area contributed by atoms with Gasteiger partial charge in [-0.1, -0.05) is 28.1 Å². The van der Waals surface area contributed by atoms with Crippen LogP contribution in [0.2, 0.25) is 0 Å². The van der Waals surface area contributed by atoms with Crippen LogP contribution in [0.25, 0.3) is 11.3 Å². The predicted molar refractivity (Wildman–Crippen MR) is 66.9 cm³/mol. The molecule has 5 heteroatoms. The van der Waals surface area contributed by atoms with Crippen LogP contribution in [0, 0.1) is 0 Å². The number of nitrogens with two attached hydrogens (primary N) is 1. The van der Waals surface area contributed by atoms with Crippen molar-refractivity contribution in [3.05, 3.63) is 34.8 Å². The van der Waals surface area contributed by atoms with Crippen LogP contribution in [0.3, 0.4) is 0 Å². The van der Waals surface area contributed by atoms with Gasteiger partial charge in [-0.25, -0.2) is 4.68 Å². The van der Waals surface area contributed by atoms with E-state index < -0.39 is 0 Å². The van der Waals surface area contributed by atoms with E-state index in [-0.39, 0.29) is 6.61 Å². The zero-order chi connectivity index (χ0) is 11.5. The number of aromatic nitrogens is 2. The lowest BCUT2D eigenvalue weighted by molar-refractivity contribution is 0.270. The number of hydrogen-bond donors (Lipinski definition) is 2. The van der Waals surface area contributed by atoms with Crippen molar-refractivity contribution >= 4 is 21.7 Å². The van der Waals surface area contributed by atoms with Crippen molar-refractivity contribution in [2.75, 3.05) is 12.3 Å². The Balaban J connectivity index is 2.33. The molecule has 1 heterocycles. The number of nitrogen functional groups attached to an aromatic ring is 1. The minimum absolute atomic E-state index is 0.0334. The van der Waals surface area contributed by atoms with E-state index in [1.165, 1.54) is 0 Å². The number of nitrogens with zero attached hydrogens (tertiary/aromatic N) is 2. The molecule has 0 spiro atoms. The number of benzene rings is 1. The molecular weight excluding hydrogens is 270 g/mol. The fourth-order valence-corrected chi connectivity index (χ4v) is 1.73. The lowest BCUT2D eigenvalue weighted by Gasteiger charge is -1.99. The third-order valence-corrected chi connectivity index (χ3v) is 2.79. The summed E-state index contributed by atoms with van der Waals surface area (Å²) in [4.78, 5) is 0. The SMILES string of the molecule is Nc1cc(-c2ccc(Br)cc2)nn1CCO. The Morgan fingerprint density at radius 1 is 1.31 bits per heavy atom. The average molecular weight is 282 g/mol. The maximum atomic E-state index is 8.84. The van der Waals surface area contributed by atoms with Gasteiger partial charge in [0, 0.05) is 16.1 Å². The zero-order valence-electron chi connectivity index (χ0n) is 8.60. The summed E-state index contributed by atoms with van der Waals surface area (Å²) in [6.07, 6.45) is 0. The van der Waals surface area contributed by atoms with E-state index >= 15 is 0 Å². The average Bonchev–Trinajstić information content (AvgIpc) is 2.62. The Kier molecular flexibility index (Phi) is 3.26. The Morgan fingerprint density at radius 3 is 2.62 bits per heavy atom. The van der Waals surface area contributed by atoms with Crippen LogP contribution < -0.4 is 5.73 Å². The van der Waals surface area contributed by atoms with E-state index in [4.69, 9.17) is 10.8 Å². The van der Waals surface area contributed by atoms with Crippen LogP contribution in [0.15, 0.2) is 34.8 Å². The lowest BCUT2D eigenvalue weighted by atomic mass is 10.2. The summed E-state index contributed by atoms with van der Waals surface area (Å²) >= 11 is 3.38. The van der Waals surface area contributed by atoms with Crippen molar-refractivity contribution in [2.24, 2.45) is 0 Å². The molecule has 0 saturated carbocycles. The molecule has 0 amide bonds. The van der Waals surface area contributed by atoms with E-state index in [0.29, 0.717) is 12.4 Å². The Morgan fingerprint density at radius 2 is 2.00 bits per heavy atom. The smallest absolute Gasteiger partial charge is 0.122 e. The van der Waals surface area contributed by atoms with Crippen molar-refractivity contribution < 1.29 is 5.11 Å². The van der Waals surface area contributed by atoms with Crippen LogP contribution in [-0.4, -0.2) is 21.5 Å².